The molecule has 1 heterocycles. The molecule has 1 aromatic heterocycles. The minimum Gasteiger partial charge on any atom is -0.360 e. The van der Waals surface area contributed by atoms with E-state index in [-0.39, 0.29) is 0 Å². The van der Waals surface area contributed by atoms with E-state index in [2.05, 4.69) is 45.9 Å². The second-order valence-electron chi connectivity index (χ2n) is 4.25. The van der Waals surface area contributed by atoms with Crippen molar-refractivity contribution in [1.82, 2.24) is 9.36 Å². The molecule has 0 saturated carbocycles. The van der Waals surface area contributed by atoms with Crippen LogP contribution >= 0.6 is 11.5 Å². The highest BCUT2D eigenvalue weighted by Gasteiger charge is 2.04. The van der Waals surface area contributed by atoms with E-state index in [4.69, 9.17) is 5.73 Å². The Balaban J connectivity index is 1.94. The van der Waals surface area contributed by atoms with Crippen molar-refractivity contribution in [2.24, 2.45) is 5.73 Å². The van der Waals surface area contributed by atoms with Crippen molar-refractivity contribution < 1.29 is 0 Å². The zero-order valence-electron chi connectivity index (χ0n) is 10.5. The summed E-state index contributed by atoms with van der Waals surface area (Å²) in [7, 11) is 0. The van der Waals surface area contributed by atoms with Gasteiger partial charge in [0, 0.05) is 24.5 Å². The SMILES string of the molecule is Cc1cccc(Cc2nsc(NCCCN)n2)c1. The molecule has 18 heavy (non-hydrogen) atoms. The number of nitrogens with zero attached hydrogens (tertiary/aromatic N) is 2. The summed E-state index contributed by atoms with van der Waals surface area (Å²) < 4.78 is 4.36. The van der Waals surface area contributed by atoms with Gasteiger partial charge in [0.25, 0.3) is 0 Å². The fraction of sp³-hybridized carbons (Fsp3) is 0.385. The summed E-state index contributed by atoms with van der Waals surface area (Å²) in [5.41, 5.74) is 7.96. The van der Waals surface area contributed by atoms with Crippen LogP contribution in [0.1, 0.15) is 23.4 Å². The third-order valence-electron chi connectivity index (χ3n) is 2.57. The molecule has 0 aliphatic rings. The standard InChI is InChI=1S/C13H18N4S/c1-10-4-2-5-11(8-10)9-12-16-13(18-17-12)15-7-3-6-14/h2,4-5,8H,3,6-7,9,14H2,1H3,(H,15,16,17). The average Bonchev–Trinajstić information content (AvgIpc) is 2.77. The normalized spacial score (nSPS) is 10.6. The molecular weight excluding hydrogens is 244 g/mol. The van der Waals surface area contributed by atoms with Crippen molar-refractivity contribution in [3.8, 4) is 0 Å². The Morgan fingerprint density at radius 3 is 3.06 bits per heavy atom. The lowest BCUT2D eigenvalue weighted by Crippen LogP contribution is -2.08. The van der Waals surface area contributed by atoms with Crippen LogP contribution in [0.3, 0.4) is 0 Å². The van der Waals surface area contributed by atoms with Gasteiger partial charge in [0.05, 0.1) is 0 Å². The molecular formula is C13H18N4S. The first-order valence-electron chi connectivity index (χ1n) is 6.10. The first-order chi connectivity index (χ1) is 8.78. The van der Waals surface area contributed by atoms with Crippen LogP contribution < -0.4 is 11.1 Å². The topological polar surface area (TPSA) is 63.8 Å². The Labute approximate surface area is 111 Å². The molecule has 0 fully saturated rings. The summed E-state index contributed by atoms with van der Waals surface area (Å²) in [4.78, 5) is 4.46. The van der Waals surface area contributed by atoms with E-state index in [1.807, 2.05) is 0 Å². The van der Waals surface area contributed by atoms with Crippen molar-refractivity contribution >= 4 is 16.7 Å². The monoisotopic (exact) mass is 262 g/mol. The smallest absolute Gasteiger partial charge is 0.202 e. The van der Waals surface area contributed by atoms with E-state index in [0.717, 1.165) is 30.3 Å². The number of anilines is 1. The summed E-state index contributed by atoms with van der Waals surface area (Å²) >= 11 is 1.41. The van der Waals surface area contributed by atoms with Gasteiger partial charge in [0.2, 0.25) is 5.13 Å². The molecule has 5 heteroatoms. The first-order valence-corrected chi connectivity index (χ1v) is 6.87. The molecule has 0 bridgehead atoms. The summed E-state index contributed by atoms with van der Waals surface area (Å²) in [5.74, 6) is 0.876. The Morgan fingerprint density at radius 1 is 1.39 bits per heavy atom. The van der Waals surface area contributed by atoms with Crippen LogP contribution in [0.15, 0.2) is 24.3 Å². The minimum atomic E-state index is 0.696. The number of rotatable bonds is 6. The predicted molar refractivity (Wildman–Crippen MR) is 76.1 cm³/mol. The highest BCUT2D eigenvalue weighted by molar-refractivity contribution is 7.09. The van der Waals surface area contributed by atoms with Gasteiger partial charge in [-0.05, 0) is 25.5 Å². The van der Waals surface area contributed by atoms with Crippen LogP contribution in [-0.2, 0) is 6.42 Å². The van der Waals surface area contributed by atoms with E-state index in [1.165, 1.54) is 22.7 Å². The highest BCUT2D eigenvalue weighted by atomic mass is 32.1. The lowest BCUT2D eigenvalue weighted by atomic mass is 10.1. The van der Waals surface area contributed by atoms with Crippen LogP contribution in [-0.4, -0.2) is 22.4 Å². The zero-order valence-corrected chi connectivity index (χ0v) is 11.3. The van der Waals surface area contributed by atoms with Crippen LogP contribution in [0, 0.1) is 6.92 Å². The molecule has 2 aromatic rings. The fourth-order valence-electron chi connectivity index (χ4n) is 1.70. The zero-order chi connectivity index (χ0) is 12.8. The molecule has 4 nitrogen and oxygen atoms in total. The van der Waals surface area contributed by atoms with Crippen LogP contribution in [0.2, 0.25) is 0 Å². The van der Waals surface area contributed by atoms with E-state index < -0.39 is 0 Å². The average molecular weight is 262 g/mol. The van der Waals surface area contributed by atoms with Crippen molar-refractivity contribution in [1.29, 1.82) is 0 Å². The van der Waals surface area contributed by atoms with Crippen LogP contribution in [0.25, 0.3) is 0 Å². The first kappa shape index (κ1) is 13.0. The molecule has 96 valence electrons. The molecule has 3 N–H and O–H groups in total. The molecule has 0 radical (unpaired) electrons. The van der Waals surface area contributed by atoms with E-state index >= 15 is 0 Å². The fourth-order valence-corrected chi connectivity index (χ4v) is 2.31. The molecule has 0 unspecified atom stereocenters. The number of aryl methyl sites for hydroxylation is 1. The van der Waals surface area contributed by atoms with E-state index in [0.29, 0.717) is 6.54 Å². The van der Waals surface area contributed by atoms with Gasteiger partial charge in [-0.15, -0.1) is 0 Å². The number of benzene rings is 1. The van der Waals surface area contributed by atoms with Crippen molar-refractivity contribution in [2.45, 2.75) is 19.8 Å². The second kappa shape index (κ2) is 6.47. The van der Waals surface area contributed by atoms with Crippen LogP contribution in [0.4, 0.5) is 5.13 Å². The molecule has 2 rings (SSSR count). The van der Waals surface area contributed by atoms with Crippen molar-refractivity contribution in [3.05, 3.63) is 41.2 Å². The maximum absolute atomic E-state index is 5.44. The molecule has 1 aromatic carbocycles. The summed E-state index contributed by atoms with van der Waals surface area (Å²) in [5, 5.41) is 4.11. The van der Waals surface area contributed by atoms with Gasteiger partial charge in [0.1, 0.15) is 5.82 Å². The molecule has 0 spiro atoms. The van der Waals surface area contributed by atoms with Gasteiger partial charge in [-0.2, -0.15) is 4.37 Å². The minimum absolute atomic E-state index is 0.696. The van der Waals surface area contributed by atoms with Crippen molar-refractivity contribution in [2.75, 3.05) is 18.4 Å². The third kappa shape index (κ3) is 3.78. The third-order valence-corrected chi connectivity index (χ3v) is 3.28. The Bertz CT molecular complexity index is 495. The van der Waals surface area contributed by atoms with Gasteiger partial charge in [0.15, 0.2) is 0 Å². The van der Waals surface area contributed by atoms with Gasteiger partial charge >= 0.3 is 0 Å². The number of aromatic nitrogens is 2. The van der Waals surface area contributed by atoms with Gasteiger partial charge in [-0.1, -0.05) is 29.8 Å². The van der Waals surface area contributed by atoms with Gasteiger partial charge < -0.3 is 11.1 Å². The second-order valence-corrected chi connectivity index (χ2v) is 5.00. The summed E-state index contributed by atoms with van der Waals surface area (Å²) in [6.45, 7) is 3.65. The number of hydrogen-bond donors (Lipinski definition) is 2. The molecule has 0 amide bonds. The lowest BCUT2D eigenvalue weighted by Gasteiger charge is -1.99. The quantitative estimate of drug-likeness (QED) is 0.783. The molecule has 0 aliphatic carbocycles. The molecule has 0 aliphatic heterocycles. The Morgan fingerprint density at radius 2 is 2.28 bits per heavy atom. The van der Waals surface area contributed by atoms with Crippen molar-refractivity contribution in [3.63, 3.8) is 0 Å². The number of nitrogens with one attached hydrogen (secondary N) is 1. The predicted octanol–water partition coefficient (Wildman–Crippen LogP) is 2.20. The molecule has 0 atom stereocenters. The van der Waals surface area contributed by atoms with Crippen LogP contribution in [0.5, 0.6) is 0 Å². The maximum Gasteiger partial charge on any atom is 0.202 e. The summed E-state index contributed by atoms with van der Waals surface area (Å²) in [6, 6.07) is 8.44. The summed E-state index contributed by atoms with van der Waals surface area (Å²) in [6.07, 6.45) is 1.74. The van der Waals surface area contributed by atoms with E-state index in [9.17, 15) is 0 Å². The number of hydrogen-bond acceptors (Lipinski definition) is 5. The lowest BCUT2D eigenvalue weighted by molar-refractivity contribution is 0.871. The number of nitrogens with two attached hydrogens (primary N) is 1. The largest absolute Gasteiger partial charge is 0.360 e. The maximum atomic E-state index is 5.44. The van der Waals surface area contributed by atoms with E-state index in [1.54, 1.807) is 0 Å². The van der Waals surface area contributed by atoms with Gasteiger partial charge in [-0.3, -0.25) is 0 Å². The Hall–Kier alpha value is -1.46. The van der Waals surface area contributed by atoms with Gasteiger partial charge in [-0.25, -0.2) is 4.98 Å². The Kier molecular flexibility index (Phi) is 4.66. The highest BCUT2D eigenvalue weighted by Crippen LogP contribution is 2.14. The molecule has 0 saturated heterocycles.